The molecule has 7 heteroatoms. The maximum absolute atomic E-state index is 13.2. The van der Waals surface area contributed by atoms with Gasteiger partial charge in [0.25, 0.3) is 5.91 Å². The third-order valence-electron chi connectivity index (χ3n) is 5.97. The van der Waals surface area contributed by atoms with Gasteiger partial charge in [-0.1, -0.05) is 48.4 Å². The van der Waals surface area contributed by atoms with Gasteiger partial charge in [-0.05, 0) is 62.1 Å². The van der Waals surface area contributed by atoms with Gasteiger partial charge in [0, 0.05) is 31.4 Å². The fourth-order valence-corrected chi connectivity index (χ4v) is 5.78. The van der Waals surface area contributed by atoms with Crippen molar-refractivity contribution in [3.63, 3.8) is 0 Å². The molecule has 6 nitrogen and oxygen atoms in total. The van der Waals surface area contributed by atoms with Gasteiger partial charge in [0.05, 0.1) is 4.90 Å². The van der Waals surface area contributed by atoms with E-state index in [0.29, 0.717) is 30.7 Å². The molecular weight excluding hydrogens is 434 g/mol. The van der Waals surface area contributed by atoms with E-state index in [9.17, 15) is 13.2 Å². The molecule has 1 amide bonds. The van der Waals surface area contributed by atoms with E-state index in [1.807, 2.05) is 29.8 Å². The molecule has 1 aliphatic heterocycles. The molecule has 3 aromatic rings. The van der Waals surface area contributed by atoms with Gasteiger partial charge < -0.3 is 4.57 Å². The topological polar surface area (TPSA) is 71.7 Å². The highest BCUT2D eigenvalue weighted by Gasteiger charge is 2.28. The average molecular weight is 464 g/mol. The molecule has 0 bridgehead atoms. The molecule has 1 aliphatic rings. The van der Waals surface area contributed by atoms with Crippen LogP contribution in [0.15, 0.2) is 76.7 Å². The van der Waals surface area contributed by atoms with E-state index in [2.05, 4.69) is 29.3 Å². The molecule has 2 heterocycles. The third kappa shape index (κ3) is 5.31. The number of aryl methyl sites for hydroxylation is 2. The first-order chi connectivity index (χ1) is 15.8. The Kier molecular flexibility index (Phi) is 6.91. The first-order valence-electron chi connectivity index (χ1n) is 11.3. The highest BCUT2D eigenvalue weighted by molar-refractivity contribution is 7.89. The normalized spacial score (nSPS) is 15.5. The second-order valence-electron chi connectivity index (χ2n) is 8.53. The lowest BCUT2D eigenvalue weighted by molar-refractivity contribution is 0.0997. The Hall–Kier alpha value is -3.03. The zero-order chi connectivity index (χ0) is 23.4. The number of amides is 1. The largest absolute Gasteiger partial charge is 0.328 e. The van der Waals surface area contributed by atoms with E-state index >= 15 is 0 Å². The van der Waals surface area contributed by atoms with Gasteiger partial charge in [0.2, 0.25) is 10.0 Å². The molecule has 1 aromatic heterocycles. The number of nitrogens with zero attached hydrogens (tertiary/aromatic N) is 3. The molecule has 33 heavy (non-hydrogen) atoms. The molecule has 1 fully saturated rings. The van der Waals surface area contributed by atoms with Gasteiger partial charge in [-0.2, -0.15) is 9.30 Å². The molecular formula is C26H29N3O3S. The summed E-state index contributed by atoms with van der Waals surface area (Å²) in [6.07, 6.45) is 4.65. The maximum atomic E-state index is 13.2. The van der Waals surface area contributed by atoms with Crippen molar-refractivity contribution in [3.05, 3.63) is 94.6 Å². The van der Waals surface area contributed by atoms with Crippen LogP contribution in [0.2, 0.25) is 0 Å². The van der Waals surface area contributed by atoms with Crippen LogP contribution in [0.5, 0.6) is 0 Å². The zero-order valence-electron chi connectivity index (χ0n) is 19.1. The third-order valence-corrected chi connectivity index (χ3v) is 8.01. The predicted molar refractivity (Wildman–Crippen MR) is 128 cm³/mol. The molecule has 2 aromatic carbocycles. The van der Waals surface area contributed by atoms with Crippen molar-refractivity contribution in [2.45, 2.75) is 44.6 Å². The zero-order valence-corrected chi connectivity index (χ0v) is 19.9. The molecule has 0 unspecified atom stereocenters. The van der Waals surface area contributed by atoms with Gasteiger partial charge in [-0.15, -0.1) is 0 Å². The number of pyridine rings is 1. The summed E-state index contributed by atoms with van der Waals surface area (Å²) in [5.74, 6) is -0.464. The molecule has 0 radical (unpaired) electrons. The van der Waals surface area contributed by atoms with Crippen LogP contribution in [0.25, 0.3) is 0 Å². The van der Waals surface area contributed by atoms with Crippen LogP contribution >= 0.6 is 0 Å². The number of carbonyl (C=O) groups is 1. The van der Waals surface area contributed by atoms with Crippen LogP contribution < -0.4 is 5.49 Å². The highest BCUT2D eigenvalue weighted by atomic mass is 32.2. The number of sulfonamides is 1. The van der Waals surface area contributed by atoms with E-state index in [-0.39, 0.29) is 10.5 Å². The lowest BCUT2D eigenvalue weighted by Crippen LogP contribution is -2.36. The average Bonchev–Trinajstić information content (AvgIpc) is 2.82. The fourth-order valence-electron chi connectivity index (χ4n) is 4.02. The minimum atomic E-state index is -3.64. The fraction of sp³-hybridized carbons (Fsp3) is 0.308. The maximum Gasteiger partial charge on any atom is 0.278 e. The standard InChI is InChI=1S/C26H29N3O3S/c1-20-9-12-22(13-10-20)19-28-15-7-4-8-25(28)27-26(30)23-14-11-21(2)24(18-23)33(31,32)29-16-5-3-6-17-29/h4,7-15,18H,3,5-6,16-17,19H2,1-2H3. The summed E-state index contributed by atoms with van der Waals surface area (Å²) >= 11 is 0. The van der Waals surface area contributed by atoms with E-state index in [0.717, 1.165) is 24.8 Å². The van der Waals surface area contributed by atoms with Crippen LogP contribution in [-0.2, 0) is 16.6 Å². The second-order valence-corrected chi connectivity index (χ2v) is 10.4. The Morgan fingerprint density at radius 1 is 0.939 bits per heavy atom. The number of aromatic nitrogens is 1. The predicted octanol–water partition coefficient (Wildman–Crippen LogP) is 4.07. The number of hydrogen-bond acceptors (Lipinski definition) is 3. The summed E-state index contributed by atoms with van der Waals surface area (Å²) in [6, 6.07) is 18.5. The van der Waals surface area contributed by atoms with E-state index in [4.69, 9.17) is 0 Å². The number of hydrogen-bond donors (Lipinski definition) is 0. The van der Waals surface area contributed by atoms with Gasteiger partial charge in [0.15, 0.2) is 0 Å². The Morgan fingerprint density at radius 2 is 1.67 bits per heavy atom. The van der Waals surface area contributed by atoms with Crippen LogP contribution in [0, 0.1) is 13.8 Å². The number of benzene rings is 2. The van der Waals surface area contributed by atoms with E-state index in [1.165, 1.54) is 15.9 Å². The van der Waals surface area contributed by atoms with Crippen LogP contribution in [0.4, 0.5) is 0 Å². The lowest BCUT2D eigenvalue weighted by atomic mass is 10.1. The van der Waals surface area contributed by atoms with Crippen molar-refractivity contribution < 1.29 is 13.2 Å². The molecule has 0 N–H and O–H groups in total. The monoisotopic (exact) mass is 463 g/mol. The Bertz CT molecular complexity index is 1320. The summed E-state index contributed by atoms with van der Waals surface area (Å²) in [5.41, 5.74) is 3.70. The Labute approximate surface area is 195 Å². The summed E-state index contributed by atoms with van der Waals surface area (Å²) in [6.45, 7) is 5.42. The molecule has 0 saturated carbocycles. The second kappa shape index (κ2) is 9.85. The van der Waals surface area contributed by atoms with Gasteiger partial charge in [0.1, 0.15) is 5.49 Å². The van der Waals surface area contributed by atoms with Crippen molar-refractivity contribution in [2.24, 2.45) is 4.99 Å². The van der Waals surface area contributed by atoms with E-state index in [1.54, 1.807) is 25.1 Å². The molecule has 4 rings (SSSR count). The molecule has 0 aliphatic carbocycles. The van der Waals surface area contributed by atoms with Gasteiger partial charge in [-0.25, -0.2) is 8.42 Å². The van der Waals surface area contributed by atoms with Gasteiger partial charge >= 0.3 is 0 Å². The highest BCUT2D eigenvalue weighted by Crippen LogP contribution is 2.24. The minimum absolute atomic E-state index is 0.186. The summed E-state index contributed by atoms with van der Waals surface area (Å²) in [4.78, 5) is 17.6. The number of piperidine rings is 1. The van der Waals surface area contributed by atoms with Crippen molar-refractivity contribution in [1.29, 1.82) is 0 Å². The minimum Gasteiger partial charge on any atom is -0.328 e. The summed E-state index contributed by atoms with van der Waals surface area (Å²) in [7, 11) is -3.64. The van der Waals surface area contributed by atoms with Crippen molar-refractivity contribution in [3.8, 4) is 0 Å². The van der Waals surface area contributed by atoms with Crippen LogP contribution in [0.3, 0.4) is 0 Å². The van der Waals surface area contributed by atoms with Crippen molar-refractivity contribution in [1.82, 2.24) is 8.87 Å². The Balaban J connectivity index is 1.66. The van der Waals surface area contributed by atoms with Crippen molar-refractivity contribution >= 4 is 15.9 Å². The molecule has 0 spiro atoms. The van der Waals surface area contributed by atoms with E-state index < -0.39 is 15.9 Å². The number of rotatable bonds is 5. The first-order valence-corrected chi connectivity index (χ1v) is 12.7. The first kappa shape index (κ1) is 23.1. The molecule has 172 valence electrons. The lowest BCUT2D eigenvalue weighted by Gasteiger charge is -2.26. The summed E-state index contributed by atoms with van der Waals surface area (Å²) in [5, 5.41) is 0. The summed E-state index contributed by atoms with van der Waals surface area (Å²) < 4.78 is 29.8. The molecule has 1 saturated heterocycles. The van der Waals surface area contributed by atoms with Crippen LogP contribution in [-0.4, -0.2) is 36.3 Å². The Morgan fingerprint density at radius 3 is 2.39 bits per heavy atom. The van der Waals surface area contributed by atoms with Crippen LogP contribution in [0.1, 0.15) is 46.3 Å². The number of carbonyl (C=O) groups excluding carboxylic acids is 1. The van der Waals surface area contributed by atoms with Gasteiger partial charge in [-0.3, -0.25) is 4.79 Å². The molecule has 0 atom stereocenters. The van der Waals surface area contributed by atoms with Crippen molar-refractivity contribution in [2.75, 3.05) is 13.1 Å². The SMILES string of the molecule is Cc1ccc(Cn2ccccc2=NC(=O)c2ccc(C)c(S(=O)(=O)N3CCCCC3)c2)cc1. The smallest absolute Gasteiger partial charge is 0.278 e. The quantitative estimate of drug-likeness (QED) is 0.573.